The fourth-order valence-electron chi connectivity index (χ4n) is 1.97. The number of aromatic nitrogens is 1. The van der Waals surface area contributed by atoms with E-state index in [-0.39, 0.29) is 5.91 Å². The van der Waals surface area contributed by atoms with E-state index in [2.05, 4.69) is 22.5 Å². The lowest BCUT2D eigenvalue weighted by Crippen LogP contribution is -2.25. The summed E-state index contributed by atoms with van der Waals surface area (Å²) in [4.78, 5) is 16.1. The first-order chi connectivity index (χ1) is 10.2. The highest BCUT2D eigenvalue weighted by Crippen LogP contribution is 2.20. The van der Waals surface area contributed by atoms with Crippen molar-refractivity contribution in [1.29, 1.82) is 0 Å². The number of para-hydroxylation sites is 1. The van der Waals surface area contributed by atoms with Crippen molar-refractivity contribution in [2.45, 2.75) is 26.7 Å². The molecule has 0 saturated heterocycles. The number of hydrogen-bond donors (Lipinski definition) is 2. The first kappa shape index (κ1) is 15.0. The normalized spacial score (nSPS) is 10.2. The molecule has 0 radical (unpaired) electrons. The Morgan fingerprint density at radius 2 is 2.05 bits per heavy atom. The van der Waals surface area contributed by atoms with E-state index in [4.69, 9.17) is 0 Å². The van der Waals surface area contributed by atoms with Crippen LogP contribution >= 0.6 is 0 Å². The molecule has 0 unspecified atom stereocenters. The minimum Gasteiger partial charge on any atom is -0.355 e. The first-order valence-corrected chi connectivity index (χ1v) is 7.27. The molecule has 0 atom stereocenters. The number of unbranched alkanes of at least 4 members (excludes halogenated alkanes) is 1. The van der Waals surface area contributed by atoms with Gasteiger partial charge in [-0.1, -0.05) is 31.5 Å². The van der Waals surface area contributed by atoms with Crippen molar-refractivity contribution in [3.8, 4) is 0 Å². The Labute approximate surface area is 125 Å². The number of hydrogen-bond acceptors (Lipinski definition) is 3. The van der Waals surface area contributed by atoms with E-state index >= 15 is 0 Å². The summed E-state index contributed by atoms with van der Waals surface area (Å²) in [5, 5.41) is 6.19. The number of nitrogens with one attached hydrogen (secondary N) is 2. The van der Waals surface area contributed by atoms with Crippen molar-refractivity contribution in [1.82, 2.24) is 10.3 Å². The number of amides is 1. The molecule has 0 aliphatic heterocycles. The van der Waals surface area contributed by atoms with Gasteiger partial charge in [0, 0.05) is 24.1 Å². The number of anilines is 2. The Morgan fingerprint density at radius 1 is 1.24 bits per heavy atom. The topological polar surface area (TPSA) is 54.0 Å². The van der Waals surface area contributed by atoms with Crippen molar-refractivity contribution in [2.24, 2.45) is 0 Å². The average Bonchev–Trinajstić information content (AvgIpc) is 2.50. The smallest absolute Gasteiger partial charge is 0.269 e. The fraction of sp³-hybridized carbons (Fsp3) is 0.294. The molecule has 0 spiro atoms. The van der Waals surface area contributed by atoms with Gasteiger partial charge in [0.15, 0.2) is 0 Å². The Balaban J connectivity index is 2.07. The second kappa shape index (κ2) is 7.43. The largest absolute Gasteiger partial charge is 0.355 e. The monoisotopic (exact) mass is 283 g/mol. The molecule has 1 aromatic carbocycles. The van der Waals surface area contributed by atoms with E-state index in [0.717, 1.165) is 29.8 Å². The number of carbonyl (C=O) groups excluding carboxylic acids is 1. The molecule has 0 bridgehead atoms. The Bertz CT molecular complexity index is 610. The van der Waals surface area contributed by atoms with Crippen LogP contribution < -0.4 is 10.6 Å². The highest BCUT2D eigenvalue weighted by Gasteiger charge is 2.07. The van der Waals surface area contributed by atoms with Crippen molar-refractivity contribution in [3.63, 3.8) is 0 Å². The predicted octanol–water partition coefficient (Wildman–Crippen LogP) is 3.66. The van der Waals surface area contributed by atoms with Gasteiger partial charge in [0.05, 0.1) is 0 Å². The predicted molar refractivity (Wildman–Crippen MR) is 85.9 cm³/mol. The van der Waals surface area contributed by atoms with Crippen LogP contribution in [0.3, 0.4) is 0 Å². The third kappa shape index (κ3) is 4.31. The van der Waals surface area contributed by atoms with Crippen LogP contribution in [-0.4, -0.2) is 17.4 Å². The highest BCUT2D eigenvalue weighted by molar-refractivity contribution is 5.93. The summed E-state index contributed by atoms with van der Waals surface area (Å²) in [6, 6.07) is 11.7. The number of carbonyl (C=O) groups is 1. The highest BCUT2D eigenvalue weighted by atomic mass is 16.1. The van der Waals surface area contributed by atoms with Crippen LogP contribution in [0.5, 0.6) is 0 Å². The summed E-state index contributed by atoms with van der Waals surface area (Å²) in [6.07, 6.45) is 3.69. The van der Waals surface area contributed by atoms with Gasteiger partial charge in [-0.15, -0.1) is 0 Å². The quantitative estimate of drug-likeness (QED) is 0.795. The van der Waals surface area contributed by atoms with Gasteiger partial charge < -0.3 is 10.6 Å². The van der Waals surface area contributed by atoms with Crippen LogP contribution in [0.4, 0.5) is 11.4 Å². The lowest BCUT2D eigenvalue weighted by Gasteiger charge is -2.10. The van der Waals surface area contributed by atoms with Gasteiger partial charge in [-0.25, -0.2) is 0 Å². The number of rotatable bonds is 6. The fourth-order valence-corrected chi connectivity index (χ4v) is 1.97. The maximum atomic E-state index is 12.0. The van der Waals surface area contributed by atoms with Gasteiger partial charge in [0.2, 0.25) is 0 Å². The average molecular weight is 283 g/mol. The molecule has 0 aliphatic carbocycles. The second-order valence-corrected chi connectivity index (χ2v) is 4.98. The van der Waals surface area contributed by atoms with Crippen LogP contribution in [0.1, 0.15) is 35.8 Å². The minimum absolute atomic E-state index is 0.128. The maximum Gasteiger partial charge on any atom is 0.269 e. The molecule has 2 rings (SSSR count). The van der Waals surface area contributed by atoms with E-state index in [0.29, 0.717) is 12.2 Å². The van der Waals surface area contributed by atoms with Crippen LogP contribution in [0.25, 0.3) is 0 Å². The maximum absolute atomic E-state index is 12.0. The number of pyridine rings is 1. The van der Waals surface area contributed by atoms with E-state index in [1.807, 2.05) is 37.3 Å². The molecule has 2 N–H and O–H groups in total. The molecule has 0 aliphatic rings. The molecule has 1 aromatic heterocycles. The Morgan fingerprint density at radius 3 is 2.81 bits per heavy atom. The summed E-state index contributed by atoms with van der Waals surface area (Å²) < 4.78 is 0. The lowest BCUT2D eigenvalue weighted by atomic mass is 10.2. The van der Waals surface area contributed by atoms with E-state index < -0.39 is 0 Å². The van der Waals surface area contributed by atoms with Crippen molar-refractivity contribution < 1.29 is 4.79 Å². The minimum atomic E-state index is -0.128. The number of benzene rings is 1. The van der Waals surface area contributed by atoms with Crippen LogP contribution in [-0.2, 0) is 0 Å². The van der Waals surface area contributed by atoms with E-state index in [9.17, 15) is 4.79 Å². The zero-order valence-corrected chi connectivity index (χ0v) is 12.5. The molecule has 1 amide bonds. The molecule has 0 saturated carbocycles. The summed E-state index contributed by atoms with van der Waals surface area (Å²) in [5.74, 6) is -0.128. The summed E-state index contributed by atoms with van der Waals surface area (Å²) in [7, 11) is 0. The lowest BCUT2D eigenvalue weighted by molar-refractivity contribution is 0.0948. The zero-order valence-electron chi connectivity index (χ0n) is 12.5. The van der Waals surface area contributed by atoms with E-state index in [1.54, 1.807) is 12.3 Å². The molecule has 1 heterocycles. The number of nitrogens with zero attached hydrogens (tertiary/aromatic N) is 1. The van der Waals surface area contributed by atoms with Crippen LogP contribution in [0.15, 0.2) is 42.6 Å². The van der Waals surface area contributed by atoms with Crippen LogP contribution in [0, 0.1) is 6.92 Å². The summed E-state index contributed by atoms with van der Waals surface area (Å²) in [6.45, 7) is 4.82. The molecule has 21 heavy (non-hydrogen) atoms. The molecule has 0 fully saturated rings. The molecule has 4 nitrogen and oxygen atoms in total. The van der Waals surface area contributed by atoms with Crippen molar-refractivity contribution >= 4 is 17.3 Å². The van der Waals surface area contributed by atoms with Gasteiger partial charge >= 0.3 is 0 Å². The van der Waals surface area contributed by atoms with Gasteiger partial charge in [-0.2, -0.15) is 0 Å². The first-order valence-electron chi connectivity index (χ1n) is 7.27. The van der Waals surface area contributed by atoms with E-state index in [1.165, 1.54) is 0 Å². The SMILES string of the molecule is CCCCNC(=O)c1cc(Nc2ccccc2C)ccn1. The molecule has 110 valence electrons. The Kier molecular flexibility index (Phi) is 5.32. The third-order valence-corrected chi connectivity index (χ3v) is 3.23. The van der Waals surface area contributed by atoms with Gasteiger partial charge in [-0.3, -0.25) is 9.78 Å². The second-order valence-electron chi connectivity index (χ2n) is 4.98. The van der Waals surface area contributed by atoms with Gasteiger partial charge in [0.25, 0.3) is 5.91 Å². The van der Waals surface area contributed by atoms with Gasteiger partial charge in [-0.05, 0) is 37.1 Å². The van der Waals surface area contributed by atoms with Crippen molar-refractivity contribution in [2.75, 3.05) is 11.9 Å². The summed E-state index contributed by atoms with van der Waals surface area (Å²) in [5.41, 5.74) is 3.48. The zero-order chi connectivity index (χ0) is 15.1. The van der Waals surface area contributed by atoms with Crippen LogP contribution in [0.2, 0.25) is 0 Å². The molecule has 2 aromatic rings. The number of aryl methyl sites for hydroxylation is 1. The van der Waals surface area contributed by atoms with Crippen molar-refractivity contribution in [3.05, 3.63) is 53.9 Å². The standard InChI is InChI=1S/C17H21N3O/c1-3-4-10-19-17(21)16-12-14(9-11-18-16)20-15-8-6-5-7-13(15)2/h5-9,11-12H,3-4,10H2,1-2H3,(H,18,20)(H,19,21). The molecular weight excluding hydrogens is 262 g/mol. The Hall–Kier alpha value is -2.36. The van der Waals surface area contributed by atoms with Gasteiger partial charge in [0.1, 0.15) is 5.69 Å². The third-order valence-electron chi connectivity index (χ3n) is 3.23. The summed E-state index contributed by atoms with van der Waals surface area (Å²) >= 11 is 0. The molecular formula is C17H21N3O. The molecule has 4 heteroatoms.